The van der Waals surface area contributed by atoms with E-state index in [0.717, 1.165) is 37.2 Å². The van der Waals surface area contributed by atoms with E-state index in [1.54, 1.807) is 0 Å². The minimum Gasteiger partial charge on any atom is -0.385 e. The Kier molecular flexibility index (Phi) is 8.13. The van der Waals surface area contributed by atoms with Crippen molar-refractivity contribution in [1.29, 1.82) is 0 Å². The summed E-state index contributed by atoms with van der Waals surface area (Å²) in [5.74, 6) is 2.11. The number of benzene rings is 1. The van der Waals surface area contributed by atoms with Crippen molar-refractivity contribution in [3.05, 3.63) is 56.2 Å². The molecular weight excluding hydrogens is 435 g/mol. The lowest BCUT2D eigenvalue weighted by Crippen LogP contribution is -2.39. The van der Waals surface area contributed by atoms with Crippen molar-refractivity contribution in [2.75, 3.05) is 46.4 Å². The Bertz CT molecular complexity index is 793. The number of nitrogens with zero attached hydrogens (tertiary/aromatic N) is 2. The van der Waals surface area contributed by atoms with Gasteiger partial charge in [-0.3, -0.25) is 4.90 Å². The van der Waals surface area contributed by atoms with Crippen LogP contribution in [0.5, 0.6) is 0 Å². The van der Waals surface area contributed by atoms with Gasteiger partial charge in [0.2, 0.25) is 0 Å². The summed E-state index contributed by atoms with van der Waals surface area (Å²) in [4.78, 5) is 5.28. The van der Waals surface area contributed by atoms with Gasteiger partial charge in [0.1, 0.15) is 0 Å². The first-order valence-electron chi connectivity index (χ1n) is 11.0. The van der Waals surface area contributed by atoms with Crippen molar-refractivity contribution < 1.29 is 4.74 Å². The zero-order chi connectivity index (χ0) is 20.9. The van der Waals surface area contributed by atoms with Crippen LogP contribution in [0, 0.1) is 11.8 Å². The van der Waals surface area contributed by atoms with Crippen LogP contribution in [0.1, 0.15) is 36.3 Å². The lowest BCUT2D eigenvalue weighted by atomic mass is 9.88. The molecule has 0 spiro atoms. The molecule has 1 aromatic heterocycles. The summed E-state index contributed by atoms with van der Waals surface area (Å²) in [6, 6.07) is 8.19. The summed E-state index contributed by atoms with van der Waals surface area (Å²) >= 11 is 14.4. The molecule has 0 amide bonds. The van der Waals surface area contributed by atoms with Gasteiger partial charge in [0.25, 0.3) is 0 Å². The molecule has 0 unspecified atom stereocenters. The maximum atomic E-state index is 6.46. The van der Waals surface area contributed by atoms with Crippen LogP contribution in [0.15, 0.2) is 35.0 Å². The fourth-order valence-corrected chi connectivity index (χ4v) is 6.30. The van der Waals surface area contributed by atoms with E-state index in [4.69, 9.17) is 27.9 Å². The predicted molar refractivity (Wildman–Crippen MR) is 128 cm³/mol. The summed E-state index contributed by atoms with van der Waals surface area (Å²) in [7, 11) is 1.81. The zero-order valence-corrected chi connectivity index (χ0v) is 20.1. The maximum Gasteiger partial charge on any atom is 0.0465 e. The average molecular weight is 468 g/mol. The Hall–Kier alpha value is -0.620. The molecule has 164 valence electrons. The van der Waals surface area contributed by atoms with Gasteiger partial charge in [-0.05, 0) is 84.3 Å². The number of piperidine rings is 1. The van der Waals surface area contributed by atoms with E-state index in [1.165, 1.54) is 50.0 Å². The van der Waals surface area contributed by atoms with Gasteiger partial charge in [0, 0.05) is 55.9 Å². The number of likely N-dealkylation sites (tertiary alicyclic amines) is 2. The Labute approximate surface area is 194 Å². The van der Waals surface area contributed by atoms with Crippen molar-refractivity contribution in [1.82, 2.24) is 9.80 Å². The van der Waals surface area contributed by atoms with Crippen molar-refractivity contribution in [3.8, 4) is 0 Å². The van der Waals surface area contributed by atoms with Crippen molar-refractivity contribution in [2.24, 2.45) is 11.8 Å². The Morgan fingerprint density at radius 3 is 2.63 bits per heavy atom. The number of rotatable bonds is 8. The van der Waals surface area contributed by atoms with Gasteiger partial charge in [0.15, 0.2) is 0 Å². The molecule has 0 saturated carbocycles. The summed E-state index contributed by atoms with van der Waals surface area (Å²) in [6.07, 6.45) is 3.83. The molecule has 3 nitrogen and oxygen atoms in total. The standard InChI is InChI=1S/C24H32Cl2N2OS/c1-29-10-6-18-4-8-27(9-5-18)14-21-15-28(16-23(21)20-7-11-30-17-20)13-19-2-3-22(25)12-24(19)26/h2-3,7,11-12,17-18,21,23H,4-6,8-10,13-16H2,1H3/t21-,23+/m0/s1. The van der Waals surface area contributed by atoms with E-state index in [-0.39, 0.29) is 0 Å². The summed E-state index contributed by atoms with van der Waals surface area (Å²) < 4.78 is 5.28. The molecule has 0 N–H and O–H groups in total. The third-order valence-electron chi connectivity index (χ3n) is 6.83. The molecule has 30 heavy (non-hydrogen) atoms. The molecule has 2 aliphatic heterocycles. The van der Waals surface area contributed by atoms with Gasteiger partial charge in [-0.2, -0.15) is 11.3 Å². The van der Waals surface area contributed by atoms with Gasteiger partial charge in [0.05, 0.1) is 0 Å². The van der Waals surface area contributed by atoms with Gasteiger partial charge in [-0.15, -0.1) is 0 Å². The first-order chi connectivity index (χ1) is 14.6. The molecule has 2 atom stereocenters. The lowest BCUT2D eigenvalue weighted by molar-refractivity contribution is 0.124. The van der Waals surface area contributed by atoms with Crippen molar-refractivity contribution >= 4 is 34.5 Å². The van der Waals surface area contributed by atoms with Gasteiger partial charge < -0.3 is 9.64 Å². The quantitative estimate of drug-likeness (QED) is 0.472. The SMILES string of the molecule is COCCC1CCN(C[C@H]2CN(Cc3ccc(Cl)cc3Cl)C[C@@H]2c2ccsc2)CC1. The highest BCUT2D eigenvalue weighted by atomic mass is 35.5. The second kappa shape index (κ2) is 10.8. The minimum atomic E-state index is 0.605. The zero-order valence-electron chi connectivity index (χ0n) is 17.7. The van der Waals surface area contributed by atoms with Crippen LogP contribution in [-0.4, -0.2) is 56.2 Å². The molecule has 2 fully saturated rings. The number of ether oxygens (including phenoxy) is 1. The number of hydrogen-bond acceptors (Lipinski definition) is 4. The van der Waals surface area contributed by atoms with Gasteiger partial charge >= 0.3 is 0 Å². The molecule has 2 aromatic rings. The minimum absolute atomic E-state index is 0.605. The number of methoxy groups -OCH3 is 1. The van der Waals surface area contributed by atoms with Crippen LogP contribution in [0.25, 0.3) is 0 Å². The van der Waals surface area contributed by atoms with E-state index in [0.29, 0.717) is 16.9 Å². The fourth-order valence-electron chi connectivity index (χ4n) is 5.10. The van der Waals surface area contributed by atoms with E-state index in [1.807, 2.05) is 30.6 Å². The van der Waals surface area contributed by atoms with Crippen LogP contribution in [0.2, 0.25) is 10.0 Å². The average Bonchev–Trinajstić information content (AvgIpc) is 3.39. The molecule has 2 aliphatic rings. The molecular formula is C24H32Cl2N2OS. The number of hydrogen-bond donors (Lipinski definition) is 0. The molecule has 0 aliphatic carbocycles. The molecule has 1 aromatic carbocycles. The number of halogens is 2. The maximum absolute atomic E-state index is 6.46. The van der Waals surface area contributed by atoms with Crippen LogP contribution in [0.3, 0.4) is 0 Å². The fraction of sp³-hybridized carbons (Fsp3) is 0.583. The predicted octanol–water partition coefficient (Wildman–Crippen LogP) is 6.02. The van der Waals surface area contributed by atoms with E-state index in [9.17, 15) is 0 Å². The monoisotopic (exact) mass is 466 g/mol. The highest BCUT2D eigenvalue weighted by Crippen LogP contribution is 2.36. The molecule has 6 heteroatoms. The van der Waals surface area contributed by atoms with Crippen LogP contribution in [0.4, 0.5) is 0 Å². The van der Waals surface area contributed by atoms with Crippen molar-refractivity contribution in [2.45, 2.75) is 31.7 Å². The lowest BCUT2D eigenvalue weighted by Gasteiger charge is -2.34. The topological polar surface area (TPSA) is 15.7 Å². The Morgan fingerprint density at radius 1 is 1.10 bits per heavy atom. The molecule has 4 rings (SSSR count). The highest BCUT2D eigenvalue weighted by molar-refractivity contribution is 7.08. The summed E-state index contributed by atoms with van der Waals surface area (Å²) in [6.45, 7) is 7.67. The van der Waals surface area contributed by atoms with E-state index < -0.39 is 0 Å². The smallest absolute Gasteiger partial charge is 0.0465 e. The molecule has 2 saturated heterocycles. The van der Waals surface area contributed by atoms with Gasteiger partial charge in [-0.25, -0.2) is 0 Å². The van der Waals surface area contributed by atoms with Crippen LogP contribution >= 0.6 is 34.5 Å². The van der Waals surface area contributed by atoms with E-state index >= 15 is 0 Å². The second-order valence-corrected chi connectivity index (χ2v) is 10.5. The Morgan fingerprint density at radius 2 is 1.93 bits per heavy atom. The van der Waals surface area contributed by atoms with Crippen LogP contribution < -0.4 is 0 Å². The molecule has 0 bridgehead atoms. The second-order valence-electron chi connectivity index (χ2n) is 8.88. The summed E-state index contributed by atoms with van der Waals surface area (Å²) in [5, 5.41) is 6.03. The first kappa shape index (κ1) is 22.6. The summed E-state index contributed by atoms with van der Waals surface area (Å²) in [5.41, 5.74) is 2.68. The first-order valence-corrected chi connectivity index (χ1v) is 12.7. The Balaban J connectivity index is 1.38. The third-order valence-corrected chi connectivity index (χ3v) is 8.12. The number of thiophene rings is 1. The van der Waals surface area contributed by atoms with Crippen LogP contribution in [-0.2, 0) is 11.3 Å². The third kappa shape index (κ3) is 5.79. The largest absolute Gasteiger partial charge is 0.385 e. The van der Waals surface area contributed by atoms with E-state index in [2.05, 4.69) is 32.7 Å². The molecule has 3 heterocycles. The highest BCUT2D eigenvalue weighted by Gasteiger charge is 2.35. The van der Waals surface area contributed by atoms with Crippen molar-refractivity contribution in [3.63, 3.8) is 0 Å². The normalized spacial score (nSPS) is 24.0. The molecule has 0 radical (unpaired) electrons. The van der Waals surface area contributed by atoms with Gasteiger partial charge in [-0.1, -0.05) is 29.3 Å².